The second-order valence-corrected chi connectivity index (χ2v) is 7.16. The largest absolute Gasteiger partial charge is 0.416 e. The topological polar surface area (TPSA) is 36.0 Å². The molecule has 150 valence electrons. The molecule has 0 spiro atoms. The summed E-state index contributed by atoms with van der Waals surface area (Å²) >= 11 is 0. The maximum Gasteiger partial charge on any atom is 0.416 e. The van der Waals surface area contributed by atoms with E-state index in [1.807, 2.05) is 0 Å². The highest BCUT2D eigenvalue weighted by Gasteiger charge is 2.36. The van der Waals surface area contributed by atoms with Gasteiger partial charge in [0.2, 0.25) is 5.91 Å². The highest BCUT2D eigenvalue weighted by atomic mass is 19.4. The second-order valence-electron chi connectivity index (χ2n) is 7.16. The van der Waals surface area contributed by atoms with Gasteiger partial charge in [-0.05, 0) is 24.6 Å². The molecule has 1 aromatic rings. The van der Waals surface area contributed by atoms with Crippen molar-refractivity contribution in [2.75, 3.05) is 64.4 Å². The molecule has 1 amide bonds. The van der Waals surface area contributed by atoms with Gasteiger partial charge in [0.15, 0.2) is 0 Å². The molecule has 0 radical (unpaired) electrons. The molecule has 8 heteroatoms. The van der Waals surface area contributed by atoms with Crippen molar-refractivity contribution in [3.8, 4) is 0 Å². The predicted molar refractivity (Wildman–Crippen MR) is 96.7 cm³/mol. The highest BCUT2D eigenvalue weighted by Crippen LogP contribution is 2.33. The third kappa shape index (κ3) is 5.00. The van der Waals surface area contributed by atoms with Crippen LogP contribution < -0.4 is 4.90 Å². The molecule has 3 rings (SSSR count). The first kappa shape index (κ1) is 20.1. The van der Waals surface area contributed by atoms with E-state index in [1.54, 1.807) is 13.2 Å². The normalized spacial score (nSPS) is 22.6. The van der Waals surface area contributed by atoms with Gasteiger partial charge in [-0.25, -0.2) is 0 Å². The Balaban J connectivity index is 1.55. The zero-order valence-electron chi connectivity index (χ0n) is 15.5. The summed E-state index contributed by atoms with van der Waals surface area (Å²) in [6, 6.07) is 5.03. The average molecular weight is 385 g/mol. The Morgan fingerprint density at radius 2 is 1.81 bits per heavy atom. The Bertz CT molecular complexity index is 645. The lowest BCUT2D eigenvalue weighted by Gasteiger charge is -2.35. The Labute approximate surface area is 157 Å². The third-order valence-electron chi connectivity index (χ3n) is 5.36. The molecule has 1 unspecified atom stereocenters. The lowest BCUT2D eigenvalue weighted by Crippen LogP contribution is -2.49. The number of hydrogen-bond acceptors (Lipinski definition) is 4. The van der Waals surface area contributed by atoms with Crippen molar-refractivity contribution in [1.82, 2.24) is 9.80 Å². The number of carbonyl (C=O) groups is 1. The van der Waals surface area contributed by atoms with Gasteiger partial charge in [0.1, 0.15) is 0 Å². The number of ether oxygens (including phenoxy) is 1. The monoisotopic (exact) mass is 385 g/mol. The molecule has 1 atom stereocenters. The van der Waals surface area contributed by atoms with Crippen LogP contribution in [0.1, 0.15) is 12.0 Å². The van der Waals surface area contributed by atoms with Gasteiger partial charge < -0.3 is 14.5 Å². The number of methoxy groups -OCH3 is 1. The first-order valence-corrected chi connectivity index (χ1v) is 9.31. The summed E-state index contributed by atoms with van der Waals surface area (Å²) in [7, 11) is 1.69. The van der Waals surface area contributed by atoms with Crippen LogP contribution in [0.15, 0.2) is 24.3 Å². The van der Waals surface area contributed by atoms with Crippen LogP contribution in [0.2, 0.25) is 0 Å². The number of nitrogens with zero attached hydrogens (tertiary/aromatic N) is 3. The van der Waals surface area contributed by atoms with Gasteiger partial charge in [-0.15, -0.1) is 0 Å². The molecule has 2 aliphatic heterocycles. The Hall–Kier alpha value is -1.64. The smallest absolute Gasteiger partial charge is 0.383 e. The van der Waals surface area contributed by atoms with Gasteiger partial charge in [0.05, 0.1) is 18.1 Å². The van der Waals surface area contributed by atoms with Crippen LogP contribution in [0.5, 0.6) is 0 Å². The minimum atomic E-state index is -4.40. The number of carbonyl (C=O) groups excluding carboxylic acids is 1. The molecule has 2 saturated heterocycles. The first-order chi connectivity index (χ1) is 12.9. The van der Waals surface area contributed by atoms with E-state index in [-0.39, 0.29) is 11.8 Å². The molecular formula is C19H26F3N3O2. The number of alkyl halides is 3. The van der Waals surface area contributed by atoms with E-state index in [2.05, 4.69) is 9.80 Å². The van der Waals surface area contributed by atoms with Crippen molar-refractivity contribution in [1.29, 1.82) is 0 Å². The van der Waals surface area contributed by atoms with Crippen molar-refractivity contribution in [3.05, 3.63) is 29.8 Å². The van der Waals surface area contributed by atoms with Gasteiger partial charge in [-0.3, -0.25) is 9.69 Å². The number of hydrogen-bond donors (Lipinski definition) is 0. The molecule has 0 saturated carbocycles. The van der Waals surface area contributed by atoms with E-state index in [9.17, 15) is 18.0 Å². The van der Waals surface area contributed by atoms with Crippen LogP contribution in [-0.2, 0) is 15.7 Å². The van der Waals surface area contributed by atoms with Gasteiger partial charge in [-0.1, -0.05) is 6.07 Å². The van der Waals surface area contributed by atoms with Crippen LogP contribution in [0.25, 0.3) is 0 Å². The summed E-state index contributed by atoms with van der Waals surface area (Å²) in [5, 5.41) is 0. The van der Waals surface area contributed by atoms with Crippen molar-refractivity contribution < 1.29 is 22.7 Å². The zero-order chi connectivity index (χ0) is 19.4. The fourth-order valence-corrected chi connectivity index (χ4v) is 3.74. The molecule has 2 aliphatic rings. The number of amides is 1. The summed E-state index contributed by atoms with van der Waals surface area (Å²) < 4.78 is 43.9. The highest BCUT2D eigenvalue weighted by molar-refractivity contribution is 5.97. The molecule has 0 bridgehead atoms. The van der Waals surface area contributed by atoms with E-state index in [4.69, 9.17) is 4.74 Å². The third-order valence-corrected chi connectivity index (χ3v) is 5.36. The van der Waals surface area contributed by atoms with Crippen LogP contribution in [0.3, 0.4) is 0 Å². The predicted octanol–water partition coefficient (Wildman–Crippen LogP) is 2.32. The molecule has 0 aliphatic carbocycles. The second kappa shape index (κ2) is 8.58. The van der Waals surface area contributed by atoms with Gasteiger partial charge in [0, 0.05) is 58.6 Å². The van der Waals surface area contributed by atoms with Crippen LogP contribution in [0, 0.1) is 5.92 Å². The van der Waals surface area contributed by atoms with Crippen molar-refractivity contribution >= 4 is 11.6 Å². The summed E-state index contributed by atoms with van der Waals surface area (Å²) in [6.07, 6.45) is -3.72. The minimum absolute atomic E-state index is 0.0730. The van der Waals surface area contributed by atoms with Crippen molar-refractivity contribution in [2.24, 2.45) is 5.92 Å². The Morgan fingerprint density at radius 3 is 2.48 bits per heavy atom. The van der Waals surface area contributed by atoms with Crippen LogP contribution in [-0.4, -0.2) is 75.2 Å². The van der Waals surface area contributed by atoms with Crippen molar-refractivity contribution in [2.45, 2.75) is 12.6 Å². The van der Waals surface area contributed by atoms with E-state index in [0.29, 0.717) is 31.8 Å². The maximum absolute atomic E-state index is 12.9. The Kier molecular flexibility index (Phi) is 6.39. The number of anilines is 1. The zero-order valence-corrected chi connectivity index (χ0v) is 15.5. The van der Waals surface area contributed by atoms with Crippen molar-refractivity contribution in [3.63, 3.8) is 0 Å². The molecule has 27 heavy (non-hydrogen) atoms. The fraction of sp³-hybridized carbons (Fsp3) is 0.632. The van der Waals surface area contributed by atoms with Crippen LogP contribution >= 0.6 is 0 Å². The molecule has 1 aromatic carbocycles. The summed E-state index contributed by atoms with van der Waals surface area (Å²) in [4.78, 5) is 18.9. The number of halogens is 3. The SMILES string of the molecule is COCCN1CCN(CC2CCN(c3cccc(C(F)(F)F)c3)C2=O)CC1. The lowest BCUT2D eigenvalue weighted by atomic mass is 10.1. The Morgan fingerprint density at radius 1 is 1.11 bits per heavy atom. The molecule has 0 N–H and O–H groups in total. The lowest BCUT2D eigenvalue weighted by molar-refractivity contribution is -0.137. The van der Waals surface area contributed by atoms with Crippen LogP contribution in [0.4, 0.5) is 18.9 Å². The van der Waals surface area contributed by atoms with Gasteiger partial charge in [-0.2, -0.15) is 13.2 Å². The first-order valence-electron chi connectivity index (χ1n) is 9.31. The molecule has 2 heterocycles. The summed E-state index contributed by atoms with van der Waals surface area (Å²) in [5.74, 6) is -0.221. The van der Waals surface area contributed by atoms with Gasteiger partial charge >= 0.3 is 6.18 Å². The quantitative estimate of drug-likeness (QED) is 0.753. The van der Waals surface area contributed by atoms with E-state index >= 15 is 0 Å². The minimum Gasteiger partial charge on any atom is -0.383 e. The fourth-order valence-electron chi connectivity index (χ4n) is 3.74. The number of rotatable bonds is 6. The molecule has 2 fully saturated rings. The number of piperazine rings is 1. The molecule has 0 aromatic heterocycles. The van der Waals surface area contributed by atoms with E-state index < -0.39 is 11.7 Å². The maximum atomic E-state index is 12.9. The molecule has 5 nitrogen and oxygen atoms in total. The van der Waals surface area contributed by atoms with E-state index in [1.165, 1.54) is 11.0 Å². The standard InChI is InChI=1S/C19H26F3N3O2/c1-27-12-11-23-7-9-24(10-8-23)14-15-5-6-25(18(15)26)17-4-2-3-16(13-17)19(20,21)22/h2-4,13,15H,5-12,14H2,1H3. The van der Waals surface area contributed by atoms with Gasteiger partial charge in [0.25, 0.3) is 0 Å². The average Bonchev–Trinajstić information content (AvgIpc) is 3.01. The number of benzene rings is 1. The van der Waals surface area contributed by atoms with E-state index in [0.717, 1.165) is 44.9 Å². The molecular weight excluding hydrogens is 359 g/mol. The summed E-state index contributed by atoms with van der Waals surface area (Å²) in [5.41, 5.74) is -0.384. The summed E-state index contributed by atoms with van der Waals surface area (Å²) in [6.45, 7) is 6.46.